The summed E-state index contributed by atoms with van der Waals surface area (Å²) >= 11 is 0. The smallest absolute Gasteiger partial charge is 0.296 e. The van der Waals surface area contributed by atoms with Gasteiger partial charge < -0.3 is 0 Å². The zero-order valence-corrected chi connectivity index (χ0v) is 11.2. The first-order chi connectivity index (χ1) is 7.77. The van der Waals surface area contributed by atoms with E-state index in [1.807, 2.05) is 19.1 Å². The monoisotopic (exact) mass is 235 g/mol. The summed E-state index contributed by atoms with van der Waals surface area (Å²) in [5.41, 5.74) is 5.40. The summed E-state index contributed by atoms with van der Waals surface area (Å²) in [7, 11) is 1.70. The highest BCUT2D eigenvalue weighted by Crippen LogP contribution is 2.27. The lowest BCUT2D eigenvalue weighted by atomic mass is 9.86. The van der Waals surface area contributed by atoms with Crippen LogP contribution in [0.5, 0.6) is 0 Å². The van der Waals surface area contributed by atoms with Gasteiger partial charge in [-0.3, -0.25) is 10.3 Å². The second kappa shape index (κ2) is 4.75. The summed E-state index contributed by atoms with van der Waals surface area (Å²) in [6.07, 6.45) is 0. The van der Waals surface area contributed by atoms with Gasteiger partial charge in [-0.15, -0.1) is 0 Å². The maximum Gasteiger partial charge on any atom is 0.335 e. The van der Waals surface area contributed by atoms with E-state index in [2.05, 4.69) is 32.3 Å². The Morgan fingerprint density at radius 3 is 2.35 bits per heavy atom. The SMILES string of the molecule is Cc1cc(C(C)(C)C)ccc1N(C)C(=O)NN. The molecule has 0 saturated carbocycles. The fourth-order valence-electron chi connectivity index (χ4n) is 1.70. The van der Waals surface area contributed by atoms with Crippen LogP contribution in [0.25, 0.3) is 0 Å². The second-order valence-corrected chi connectivity index (χ2v) is 5.26. The van der Waals surface area contributed by atoms with E-state index in [-0.39, 0.29) is 11.4 Å². The molecule has 0 spiro atoms. The topological polar surface area (TPSA) is 58.4 Å². The summed E-state index contributed by atoms with van der Waals surface area (Å²) in [4.78, 5) is 12.9. The molecule has 0 atom stereocenters. The van der Waals surface area contributed by atoms with Crippen molar-refractivity contribution in [1.82, 2.24) is 5.43 Å². The average Bonchev–Trinajstić information content (AvgIpc) is 2.25. The maximum absolute atomic E-state index is 11.4. The molecule has 0 aromatic heterocycles. The van der Waals surface area contributed by atoms with Crippen molar-refractivity contribution in [2.24, 2.45) is 5.84 Å². The normalized spacial score (nSPS) is 11.2. The number of aryl methyl sites for hydroxylation is 1. The highest BCUT2D eigenvalue weighted by molar-refractivity contribution is 5.91. The lowest BCUT2D eigenvalue weighted by Gasteiger charge is -2.23. The van der Waals surface area contributed by atoms with Crippen LogP contribution < -0.4 is 16.2 Å². The first-order valence-electron chi connectivity index (χ1n) is 5.63. The first kappa shape index (κ1) is 13.5. The number of anilines is 1. The third kappa shape index (κ3) is 2.97. The van der Waals surface area contributed by atoms with Gasteiger partial charge in [-0.2, -0.15) is 0 Å². The lowest BCUT2D eigenvalue weighted by Crippen LogP contribution is -2.41. The molecular formula is C13H21N3O. The van der Waals surface area contributed by atoms with E-state index in [1.54, 1.807) is 7.05 Å². The number of hydrogen-bond donors (Lipinski definition) is 2. The van der Waals surface area contributed by atoms with Crippen molar-refractivity contribution in [3.63, 3.8) is 0 Å². The van der Waals surface area contributed by atoms with Crippen molar-refractivity contribution in [1.29, 1.82) is 0 Å². The maximum atomic E-state index is 11.4. The highest BCUT2D eigenvalue weighted by atomic mass is 16.2. The standard InChI is InChI=1S/C13H21N3O/c1-9-8-10(13(2,3)4)6-7-11(9)16(5)12(17)15-14/h6-8H,14H2,1-5H3,(H,15,17). The molecule has 94 valence electrons. The highest BCUT2D eigenvalue weighted by Gasteiger charge is 2.17. The molecule has 2 amide bonds. The number of nitrogens with zero attached hydrogens (tertiary/aromatic N) is 1. The number of urea groups is 1. The predicted molar refractivity (Wildman–Crippen MR) is 71.0 cm³/mol. The Balaban J connectivity index is 3.10. The van der Waals surface area contributed by atoms with Gasteiger partial charge >= 0.3 is 6.03 Å². The molecule has 0 saturated heterocycles. The molecule has 17 heavy (non-hydrogen) atoms. The molecule has 0 bridgehead atoms. The van der Waals surface area contributed by atoms with Crippen molar-refractivity contribution < 1.29 is 4.79 Å². The molecule has 1 aromatic rings. The molecule has 0 radical (unpaired) electrons. The van der Waals surface area contributed by atoms with Crippen LogP contribution in [0.2, 0.25) is 0 Å². The van der Waals surface area contributed by atoms with Crippen LogP contribution in [0.15, 0.2) is 18.2 Å². The van der Waals surface area contributed by atoms with Crippen LogP contribution in [0.4, 0.5) is 10.5 Å². The molecule has 4 nitrogen and oxygen atoms in total. The van der Waals surface area contributed by atoms with E-state index in [0.29, 0.717) is 0 Å². The van der Waals surface area contributed by atoms with Gasteiger partial charge in [0.1, 0.15) is 0 Å². The summed E-state index contributed by atoms with van der Waals surface area (Å²) in [6.45, 7) is 8.48. The molecule has 0 unspecified atom stereocenters. The predicted octanol–water partition coefficient (Wildman–Crippen LogP) is 2.31. The van der Waals surface area contributed by atoms with Crippen LogP contribution >= 0.6 is 0 Å². The molecule has 0 aliphatic rings. The Labute approximate surface area is 103 Å². The van der Waals surface area contributed by atoms with Gasteiger partial charge in [-0.05, 0) is 29.5 Å². The van der Waals surface area contributed by atoms with Crippen LogP contribution in [-0.4, -0.2) is 13.1 Å². The molecule has 0 aliphatic heterocycles. The average molecular weight is 235 g/mol. The van der Waals surface area contributed by atoms with Gasteiger partial charge in [0.15, 0.2) is 0 Å². The van der Waals surface area contributed by atoms with Crippen molar-refractivity contribution in [3.8, 4) is 0 Å². The fourth-order valence-corrected chi connectivity index (χ4v) is 1.70. The molecule has 0 aliphatic carbocycles. The van der Waals surface area contributed by atoms with E-state index in [9.17, 15) is 4.79 Å². The number of nitrogens with one attached hydrogen (secondary N) is 1. The molecule has 0 fully saturated rings. The van der Waals surface area contributed by atoms with Crippen molar-refractivity contribution in [3.05, 3.63) is 29.3 Å². The third-order valence-electron chi connectivity index (χ3n) is 2.85. The summed E-state index contributed by atoms with van der Waals surface area (Å²) in [5, 5.41) is 0. The van der Waals surface area contributed by atoms with Crippen LogP contribution in [-0.2, 0) is 5.41 Å². The second-order valence-electron chi connectivity index (χ2n) is 5.26. The van der Waals surface area contributed by atoms with Crippen molar-refractivity contribution in [2.75, 3.05) is 11.9 Å². The lowest BCUT2D eigenvalue weighted by molar-refractivity contribution is 0.247. The Hall–Kier alpha value is -1.55. The minimum absolute atomic E-state index is 0.109. The molecule has 0 heterocycles. The summed E-state index contributed by atoms with van der Waals surface area (Å²) < 4.78 is 0. The number of hydrogen-bond acceptors (Lipinski definition) is 2. The van der Waals surface area contributed by atoms with Crippen LogP contribution in [0.3, 0.4) is 0 Å². The van der Waals surface area contributed by atoms with Gasteiger partial charge in [-0.1, -0.05) is 32.9 Å². The zero-order valence-electron chi connectivity index (χ0n) is 11.2. The Morgan fingerprint density at radius 2 is 1.94 bits per heavy atom. The van der Waals surface area contributed by atoms with Crippen LogP contribution in [0, 0.1) is 6.92 Å². The number of hydrazine groups is 1. The summed E-state index contributed by atoms with van der Waals surface area (Å²) in [5.74, 6) is 5.12. The molecule has 4 heteroatoms. The van der Waals surface area contributed by atoms with Gasteiger partial charge in [0, 0.05) is 12.7 Å². The van der Waals surface area contributed by atoms with Gasteiger partial charge in [-0.25, -0.2) is 10.6 Å². The Kier molecular flexibility index (Phi) is 3.78. The van der Waals surface area contributed by atoms with E-state index in [1.165, 1.54) is 10.5 Å². The third-order valence-corrected chi connectivity index (χ3v) is 2.85. The number of carbonyl (C=O) groups is 1. The number of carbonyl (C=O) groups excluding carboxylic acids is 1. The van der Waals surface area contributed by atoms with Gasteiger partial charge in [0.05, 0.1) is 0 Å². The van der Waals surface area contributed by atoms with Gasteiger partial charge in [0.2, 0.25) is 0 Å². The molecule has 1 rings (SSSR count). The minimum atomic E-state index is -0.323. The summed E-state index contributed by atoms with van der Waals surface area (Å²) in [6, 6.07) is 5.78. The Bertz CT molecular complexity index is 421. The van der Waals surface area contributed by atoms with E-state index in [4.69, 9.17) is 5.84 Å². The fraction of sp³-hybridized carbons (Fsp3) is 0.462. The first-order valence-corrected chi connectivity index (χ1v) is 5.63. The van der Waals surface area contributed by atoms with E-state index < -0.39 is 0 Å². The molecule has 1 aromatic carbocycles. The van der Waals surface area contributed by atoms with Crippen molar-refractivity contribution >= 4 is 11.7 Å². The molecule has 3 N–H and O–H groups in total. The number of amides is 2. The van der Waals surface area contributed by atoms with Crippen LogP contribution in [0.1, 0.15) is 31.9 Å². The largest absolute Gasteiger partial charge is 0.335 e. The van der Waals surface area contributed by atoms with Crippen molar-refractivity contribution in [2.45, 2.75) is 33.1 Å². The molecular weight excluding hydrogens is 214 g/mol. The van der Waals surface area contributed by atoms with Gasteiger partial charge in [0.25, 0.3) is 0 Å². The number of rotatable bonds is 1. The zero-order chi connectivity index (χ0) is 13.2. The number of benzene rings is 1. The van der Waals surface area contributed by atoms with E-state index in [0.717, 1.165) is 11.3 Å². The quantitative estimate of drug-likeness (QED) is 0.446. The number of nitrogens with two attached hydrogens (primary N) is 1. The minimum Gasteiger partial charge on any atom is -0.296 e. The Morgan fingerprint density at radius 1 is 1.35 bits per heavy atom. The van der Waals surface area contributed by atoms with E-state index >= 15 is 0 Å².